The van der Waals surface area contributed by atoms with E-state index in [4.69, 9.17) is 5.73 Å². The second-order valence-corrected chi connectivity index (χ2v) is 3.91. The Morgan fingerprint density at radius 1 is 1.47 bits per heavy atom. The second kappa shape index (κ2) is 4.03. The lowest BCUT2D eigenvalue weighted by Crippen LogP contribution is -2.05. The molecule has 1 aliphatic rings. The first kappa shape index (κ1) is 10.2. The molecular weight excluding hydrogens is 188 g/mol. The van der Waals surface area contributed by atoms with Crippen LogP contribution in [0.15, 0.2) is 12.1 Å². The van der Waals surface area contributed by atoms with E-state index in [0.717, 1.165) is 24.1 Å². The summed E-state index contributed by atoms with van der Waals surface area (Å²) in [5, 5.41) is 2.92. The number of aryl methyl sites for hydroxylation is 1. The van der Waals surface area contributed by atoms with Gasteiger partial charge in [0.1, 0.15) is 0 Å². The SMILES string of the molecule is CCc1cc(CCN)cc2c1NC(=O)C2. The lowest BCUT2D eigenvalue weighted by atomic mass is 9.99. The van der Waals surface area contributed by atoms with Crippen LogP contribution in [-0.4, -0.2) is 12.5 Å². The minimum Gasteiger partial charge on any atom is -0.330 e. The Hall–Kier alpha value is -1.35. The zero-order chi connectivity index (χ0) is 10.8. The first-order valence-electron chi connectivity index (χ1n) is 5.39. The summed E-state index contributed by atoms with van der Waals surface area (Å²) in [6, 6.07) is 4.25. The van der Waals surface area contributed by atoms with Crippen LogP contribution in [0, 0.1) is 0 Å². The molecule has 3 nitrogen and oxygen atoms in total. The van der Waals surface area contributed by atoms with Crippen LogP contribution in [-0.2, 0) is 24.1 Å². The van der Waals surface area contributed by atoms with Crippen LogP contribution in [0.1, 0.15) is 23.6 Å². The van der Waals surface area contributed by atoms with Gasteiger partial charge < -0.3 is 11.1 Å². The normalized spacial score (nSPS) is 13.9. The van der Waals surface area contributed by atoms with Gasteiger partial charge in [-0.3, -0.25) is 4.79 Å². The molecule has 80 valence electrons. The molecule has 3 N–H and O–H groups in total. The highest BCUT2D eigenvalue weighted by Crippen LogP contribution is 2.29. The summed E-state index contributed by atoms with van der Waals surface area (Å²) in [6.07, 6.45) is 2.34. The summed E-state index contributed by atoms with van der Waals surface area (Å²) in [7, 11) is 0. The fourth-order valence-corrected chi connectivity index (χ4v) is 2.09. The standard InChI is InChI=1S/C12H16N2O/c1-2-9-5-8(3-4-13)6-10-7-11(15)14-12(9)10/h5-6H,2-4,7,13H2,1H3,(H,14,15). The van der Waals surface area contributed by atoms with Crippen molar-refractivity contribution in [1.29, 1.82) is 0 Å². The zero-order valence-corrected chi connectivity index (χ0v) is 8.97. The first-order valence-corrected chi connectivity index (χ1v) is 5.39. The molecule has 0 fully saturated rings. The van der Waals surface area contributed by atoms with Gasteiger partial charge in [-0.1, -0.05) is 19.1 Å². The van der Waals surface area contributed by atoms with Crippen molar-refractivity contribution in [3.63, 3.8) is 0 Å². The molecule has 3 heteroatoms. The molecule has 0 aromatic heterocycles. The Morgan fingerprint density at radius 2 is 2.27 bits per heavy atom. The highest BCUT2D eigenvalue weighted by atomic mass is 16.1. The smallest absolute Gasteiger partial charge is 0.228 e. The van der Waals surface area contributed by atoms with Gasteiger partial charge in [0.05, 0.1) is 6.42 Å². The molecular formula is C12H16N2O. The largest absolute Gasteiger partial charge is 0.330 e. The van der Waals surface area contributed by atoms with Crippen molar-refractivity contribution in [2.45, 2.75) is 26.2 Å². The number of fused-ring (bicyclic) bond motifs is 1. The van der Waals surface area contributed by atoms with Crippen LogP contribution in [0.2, 0.25) is 0 Å². The fourth-order valence-electron chi connectivity index (χ4n) is 2.09. The summed E-state index contributed by atoms with van der Waals surface area (Å²) in [6.45, 7) is 2.76. The van der Waals surface area contributed by atoms with Gasteiger partial charge in [0.15, 0.2) is 0 Å². The number of carbonyl (C=O) groups is 1. The minimum atomic E-state index is 0.101. The van der Waals surface area contributed by atoms with Crippen molar-refractivity contribution < 1.29 is 4.79 Å². The lowest BCUT2D eigenvalue weighted by Gasteiger charge is -2.09. The number of anilines is 1. The summed E-state index contributed by atoms with van der Waals surface area (Å²) in [5.74, 6) is 0.101. The van der Waals surface area contributed by atoms with E-state index in [2.05, 4.69) is 24.4 Å². The number of benzene rings is 1. The van der Waals surface area contributed by atoms with Gasteiger partial charge in [0, 0.05) is 5.69 Å². The van der Waals surface area contributed by atoms with Crippen molar-refractivity contribution in [1.82, 2.24) is 0 Å². The maximum Gasteiger partial charge on any atom is 0.228 e. The molecule has 1 heterocycles. The van der Waals surface area contributed by atoms with Crippen LogP contribution in [0.5, 0.6) is 0 Å². The van der Waals surface area contributed by atoms with Gasteiger partial charge in [0.2, 0.25) is 5.91 Å². The number of hydrogen-bond acceptors (Lipinski definition) is 2. The third-order valence-electron chi connectivity index (χ3n) is 2.79. The molecule has 1 aromatic rings. The van der Waals surface area contributed by atoms with E-state index in [1.165, 1.54) is 11.1 Å². The fraction of sp³-hybridized carbons (Fsp3) is 0.417. The first-order chi connectivity index (χ1) is 7.24. The molecule has 1 amide bonds. The molecule has 0 unspecified atom stereocenters. The van der Waals surface area contributed by atoms with Gasteiger partial charge in [-0.2, -0.15) is 0 Å². The highest BCUT2D eigenvalue weighted by molar-refractivity contribution is 6.00. The number of amides is 1. The van der Waals surface area contributed by atoms with E-state index in [-0.39, 0.29) is 5.91 Å². The number of carbonyl (C=O) groups excluding carboxylic acids is 1. The van der Waals surface area contributed by atoms with E-state index in [0.29, 0.717) is 13.0 Å². The zero-order valence-electron chi connectivity index (χ0n) is 8.97. The summed E-state index contributed by atoms with van der Waals surface area (Å²) in [5.41, 5.74) is 10.2. The molecule has 1 aromatic carbocycles. The topological polar surface area (TPSA) is 55.1 Å². The Kier molecular flexibility index (Phi) is 2.73. The Bertz CT molecular complexity index is 399. The van der Waals surface area contributed by atoms with E-state index < -0.39 is 0 Å². The second-order valence-electron chi connectivity index (χ2n) is 3.91. The Balaban J connectivity index is 2.42. The molecule has 0 bridgehead atoms. The third-order valence-corrected chi connectivity index (χ3v) is 2.79. The molecule has 0 saturated carbocycles. The van der Waals surface area contributed by atoms with Crippen LogP contribution in [0.3, 0.4) is 0 Å². The average Bonchev–Trinajstić information content (AvgIpc) is 2.57. The monoisotopic (exact) mass is 204 g/mol. The molecule has 0 saturated heterocycles. The molecule has 15 heavy (non-hydrogen) atoms. The Labute approximate surface area is 89.7 Å². The molecule has 2 rings (SSSR count). The number of hydrogen-bond donors (Lipinski definition) is 2. The number of rotatable bonds is 3. The van der Waals surface area contributed by atoms with Gasteiger partial charge in [-0.05, 0) is 36.1 Å². The Morgan fingerprint density at radius 3 is 2.93 bits per heavy atom. The molecule has 1 aliphatic heterocycles. The summed E-state index contributed by atoms with van der Waals surface area (Å²) in [4.78, 5) is 11.3. The van der Waals surface area contributed by atoms with Gasteiger partial charge >= 0.3 is 0 Å². The van der Waals surface area contributed by atoms with Crippen LogP contribution in [0.4, 0.5) is 5.69 Å². The lowest BCUT2D eigenvalue weighted by molar-refractivity contribution is -0.115. The van der Waals surface area contributed by atoms with Crippen LogP contribution >= 0.6 is 0 Å². The quantitative estimate of drug-likeness (QED) is 0.778. The molecule has 0 radical (unpaired) electrons. The van der Waals surface area contributed by atoms with Crippen molar-refractivity contribution >= 4 is 11.6 Å². The van der Waals surface area contributed by atoms with E-state index in [1.54, 1.807) is 0 Å². The predicted molar refractivity (Wildman–Crippen MR) is 60.9 cm³/mol. The molecule has 0 aliphatic carbocycles. The van der Waals surface area contributed by atoms with Crippen LogP contribution in [0.25, 0.3) is 0 Å². The van der Waals surface area contributed by atoms with E-state index in [1.807, 2.05) is 0 Å². The van der Waals surface area contributed by atoms with Gasteiger partial charge in [-0.15, -0.1) is 0 Å². The maximum absolute atomic E-state index is 11.3. The molecule has 0 atom stereocenters. The highest BCUT2D eigenvalue weighted by Gasteiger charge is 2.20. The third kappa shape index (κ3) is 1.88. The van der Waals surface area contributed by atoms with Gasteiger partial charge in [0.25, 0.3) is 0 Å². The molecule has 0 spiro atoms. The summed E-state index contributed by atoms with van der Waals surface area (Å²) < 4.78 is 0. The average molecular weight is 204 g/mol. The predicted octanol–water partition coefficient (Wildman–Crippen LogP) is 1.24. The number of nitrogens with one attached hydrogen (secondary N) is 1. The number of nitrogens with two attached hydrogens (primary N) is 1. The van der Waals surface area contributed by atoms with Crippen molar-refractivity contribution in [2.75, 3.05) is 11.9 Å². The van der Waals surface area contributed by atoms with Crippen LogP contribution < -0.4 is 11.1 Å². The van der Waals surface area contributed by atoms with Gasteiger partial charge in [-0.25, -0.2) is 0 Å². The minimum absolute atomic E-state index is 0.101. The summed E-state index contributed by atoms with van der Waals surface area (Å²) >= 11 is 0. The van der Waals surface area contributed by atoms with E-state index in [9.17, 15) is 4.79 Å². The van der Waals surface area contributed by atoms with Crippen molar-refractivity contribution in [3.8, 4) is 0 Å². The maximum atomic E-state index is 11.3. The van der Waals surface area contributed by atoms with E-state index >= 15 is 0 Å². The van der Waals surface area contributed by atoms with Crippen molar-refractivity contribution in [3.05, 3.63) is 28.8 Å². The van der Waals surface area contributed by atoms with Crippen molar-refractivity contribution in [2.24, 2.45) is 5.73 Å².